The Bertz CT molecular complexity index is 1020. The molecule has 0 spiro atoms. The molecule has 0 saturated carbocycles. The van der Waals surface area contributed by atoms with Crippen LogP contribution >= 0.6 is 24.0 Å². The molecule has 0 aliphatic carbocycles. The fourth-order valence-electron chi connectivity index (χ4n) is 3.87. The predicted molar refractivity (Wildman–Crippen MR) is 138 cm³/mol. The van der Waals surface area contributed by atoms with E-state index in [2.05, 4.69) is 68.3 Å². The number of fused-ring (bicyclic) bond motifs is 1. The van der Waals surface area contributed by atoms with Crippen molar-refractivity contribution in [1.29, 1.82) is 0 Å². The average Bonchev–Trinajstić information content (AvgIpc) is 3.29. The second-order valence-corrected chi connectivity index (χ2v) is 7.65. The lowest BCUT2D eigenvalue weighted by Crippen LogP contribution is -2.45. The molecule has 1 N–H and O–H groups in total. The Morgan fingerprint density at radius 1 is 1.12 bits per heavy atom. The fourth-order valence-corrected chi connectivity index (χ4v) is 3.87. The van der Waals surface area contributed by atoms with Gasteiger partial charge in [0.2, 0.25) is 0 Å². The first-order chi connectivity index (χ1) is 15.3. The molecule has 170 valence electrons. The first-order valence-electron chi connectivity index (χ1n) is 10.9. The summed E-state index contributed by atoms with van der Waals surface area (Å²) in [5.41, 5.74) is 3.97. The number of methoxy groups -OCH3 is 1. The molecular formula is C24H31IN6O. The number of hydrogen-bond acceptors (Lipinski definition) is 4. The molecule has 0 amide bonds. The summed E-state index contributed by atoms with van der Waals surface area (Å²) in [6.07, 6.45) is 3.71. The number of aliphatic imine (C=N–C) groups is 1. The standard InChI is InChI=1S/C24H30N6O.HI/c1-3-23-28-27-18-30(23)15-13-25-24(26-16-19-8-10-22(31-2)11-9-19)29-14-12-20-6-4-5-7-21(20)17-29;/h4-11,18H,3,12-17H2,1-2H3,(H,25,26);1H. The van der Waals surface area contributed by atoms with Crippen LogP contribution in [0, 0.1) is 0 Å². The lowest BCUT2D eigenvalue weighted by molar-refractivity contribution is 0.376. The molecule has 1 aliphatic rings. The highest BCUT2D eigenvalue weighted by molar-refractivity contribution is 14.0. The van der Waals surface area contributed by atoms with E-state index >= 15 is 0 Å². The van der Waals surface area contributed by atoms with Crippen LogP contribution in [0.25, 0.3) is 0 Å². The van der Waals surface area contributed by atoms with E-state index in [0.29, 0.717) is 6.54 Å². The quantitative estimate of drug-likeness (QED) is 0.279. The summed E-state index contributed by atoms with van der Waals surface area (Å²) in [7, 11) is 1.68. The Hall–Kier alpha value is -2.62. The summed E-state index contributed by atoms with van der Waals surface area (Å²) in [6, 6.07) is 16.8. The maximum absolute atomic E-state index is 5.26. The minimum Gasteiger partial charge on any atom is -0.497 e. The summed E-state index contributed by atoms with van der Waals surface area (Å²) in [6.45, 7) is 6.13. The number of halogens is 1. The van der Waals surface area contributed by atoms with Gasteiger partial charge >= 0.3 is 0 Å². The smallest absolute Gasteiger partial charge is 0.194 e. The highest BCUT2D eigenvalue weighted by Gasteiger charge is 2.19. The van der Waals surface area contributed by atoms with Crippen LogP contribution in [0.5, 0.6) is 5.75 Å². The number of rotatable bonds is 7. The predicted octanol–water partition coefficient (Wildman–Crippen LogP) is 3.67. The van der Waals surface area contributed by atoms with E-state index < -0.39 is 0 Å². The topological polar surface area (TPSA) is 67.6 Å². The molecule has 4 rings (SSSR count). The van der Waals surface area contributed by atoms with E-state index in [1.54, 1.807) is 13.4 Å². The van der Waals surface area contributed by atoms with Crippen LogP contribution in [0.15, 0.2) is 59.9 Å². The molecule has 7 nitrogen and oxygen atoms in total. The molecular weight excluding hydrogens is 515 g/mol. The van der Waals surface area contributed by atoms with E-state index in [4.69, 9.17) is 9.73 Å². The highest BCUT2D eigenvalue weighted by Crippen LogP contribution is 2.19. The third-order valence-corrected chi connectivity index (χ3v) is 5.65. The van der Waals surface area contributed by atoms with Crippen molar-refractivity contribution in [3.8, 4) is 5.75 Å². The number of aryl methyl sites for hydroxylation is 1. The number of benzene rings is 2. The molecule has 0 bridgehead atoms. The maximum atomic E-state index is 5.26. The zero-order valence-electron chi connectivity index (χ0n) is 18.7. The second-order valence-electron chi connectivity index (χ2n) is 7.65. The lowest BCUT2D eigenvalue weighted by Gasteiger charge is -2.32. The first kappa shape index (κ1) is 24.0. The summed E-state index contributed by atoms with van der Waals surface area (Å²) in [4.78, 5) is 7.30. The van der Waals surface area contributed by atoms with Gasteiger partial charge in [0, 0.05) is 32.6 Å². The molecule has 0 saturated heterocycles. The molecule has 3 aromatic rings. The van der Waals surface area contributed by atoms with Gasteiger partial charge in [-0.15, -0.1) is 34.2 Å². The lowest BCUT2D eigenvalue weighted by atomic mass is 10.0. The van der Waals surface area contributed by atoms with Crippen LogP contribution in [-0.4, -0.2) is 45.8 Å². The Labute approximate surface area is 206 Å². The maximum Gasteiger partial charge on any atom is 0.194 e. The van der Waals surface area contributed by atoms with Crippen molar-refractivity contribution in [2.24, 2.45) is 4.99 Å². The van der Waals surface area contributed by atoms with Crippen molar-refractivity contribution in [3.63, 3.8) is 0 Å². The Balaban J connectivity index is 0.00000289. The molecule has 0 fully saturated rings. The van der Waals surface area contributed by atoms with Gasteiger partial charge < -0.3 is 19.5 Å². The van der Waals surface area contributed by atoms with Crippen molar-refractivity contribution in [2.45, 2.75) is 39.4 Å². The SMILES string of the molecule is CCc1nncn1CCNC(=NCc1ccc(OC)cc1)N1CCc2ccccc2C1.I. The van der Waals surface area contributed by atoms with Gasteiger partial charge in [-0.3, -0.25) is 0 Å². The number of nitrogens with one attached hydrogen (secondary N) is 1. The minimum atomic E-state index is 0. The first-order valence-corrected chi connectivity index (χ1v) is 10.9. The zero-order valence-corrected chi connectivity index (χ0v) is 21.0. The molecule has 0 atom stereocenters. The van der Waals surface area contributed by atoms with E-state index in [1.165, 1.54) is 11.1 Å². The Morgan fingerprint density at radius 2 is 1.91 bits per heavy atom. The van der Waals surface area contributed by atoms with E-state index in [0.717, 1.165) is 62.1 Å². The molecule has 0 unspecified atom stereocenters. The molecule has 8 heteroatoms. The molecule has 1 aliphatic heterocycles. The average molecular weight is 546 g/mol. The number of aromatic nitrogens is 3. The van der Waals surface area contributed by atoms with Crippen LogP contribution in [-0.2, 0) is 32.5 Å². The van der Waals surface area contributed by atoms with Gasteiger partial charge in [-0.1, -0.05) is 43.3 Å². The molecule has 1 aromatic heterocycles. The van der Waals surface area contributed by atoms with Crippen LogP contribution in [0.1, 0.15) is 29.4 Å². The molecule has 0 radical (unpaired) electrons. The van der Waals surface area contributed by atoms with Crippen LogP contribution in [0.3, 0.4) is 0 Å². The van der Waals surface area contributed by atoms with Crippen molar-refractivity contribution < 1.29 is 4.74 Å². The van der Waals surface area contributed by atoms with E-state index in [9.17, 15) is 0 Å². The van der Waals surface area contributed by atoms with Gasteiger partial charge in [-0.25, -0.2) is 4.99 Å². The fraction of sp³-hybridized carbons (Fsp3) is 0.375. The summed E-state index contributed by atoms with van der Waals surface area (Å²) < 4.78 is 7.36. The largest absolute Gasteiger partial charge is 0.497 e. The number of guanidine groups is 1. The van der Waals surface area contributed by atoms with Gasteiger partial charge in [0.25, 0.3) is 0 Å². The molecule has 2 aromatic carbocycles. The van der Waals surface area contributed by atoms with Crippen LogP contribution < -0.4 is 10.1 Å². The third kappa shape index (κ3) is 5.99. The van der Waals surface area contributed by atoms with Crippen LogP contribution in [0.2, 0.25) is 0 Å². The highest BCUT2D eigenvalue weighted by atomic mass is 127. The Kier molecular flexibility index (Phi) is 8.90. The van der Waals surface area contributed by atoms with Gasteiger partial charge in [-0.2, -0.15) is 0 Å². The van der Waals surface area contributed by atoms with Gasteiger partial charge in [0.05, 0.1) is 13.7 Å². The normalized spacial score (nSPS) is 13.3. The molecule has 2 heterocycles. The van der Waals surface area contributed by atoms with Crippen molar-refractivity contribution >= 4 is 29.9 Å². The summed E-state index contributed by atoms with van der Waals surface area (Å²) in [5, 5.41) is 11.8. The summed E-state index contributed by atoms with van der Waals surface area (Å²) in [5.74, 6) is 2.81. The Morgan fingerprint density at radius 3 is 2.66 bits per heavy atom. The number of hydrogen-bond donors (Lipinski definition) is 1. The van der Waals surface area contributed by atoms with Crippen LogP contribution in [0.4, 0.5) is 0 Å². The van der Waals surface area contributed by atoms with Crippen molar-refractivity contribution in [3.05, 3.63) is 77.4 Å². The minimum absolute atomic E-state index is 0. The number of ether oxygens (including phenoxy) is 1. The summed E-state index contributed by atoms with van der Waals surface area (Å²) >= 11 is 0. The zero-order chi connectivity index (χ0) is 21.5. The van der Waals surface area contributed by atoms with E-state index in [1.807, 2.05) is 12.1 Å². The van der Waals surface area contributed by atoms with Gasteiger partial charge in [-0.05, 0) is 35.2 Å². The number of nitrogens with zero attached hydrogens (tertiary/aromatic N) is 5. The van der Waals surface area contributed by atoms with Gasteiger partial charge in [0.15, 0.2) is 5.96 Å². The van der Waals surface area contributed by atoms with E-state index in [-0.39, 0.29) is 24.0 Å². The van der Waals surface area contributed by atoms with Gasteiger partial charge in [0.1, 0.15) is 17.9 Å². The second kappa shape index (κ2) is 11.8. The monoisotopic (exact) mass is 546 g/mol. The molecule has 32 heavy (non-hydrogen) atoms. The van der Waals surface area contributed by atoms with Crippen molar-refractivity contribution in [2.75, 3.05) is 20.2 Å². The van der Waals surface area contributed by atoms with Crippen molar-refractivity contribution in [1.82, 2.24) is 25.0 Å². The third-order valence-electron chi connectivity index (χ3n) is 5.65.